The summed E-state index contributed by atoms with van der Waals surface area (Å²) in [4.78, 5) is 9.46. The molecule has 0 amide bonds. The van der Waals surface area contributed by atoms with Gasteiger partial charge in [0.1, 0.15) is 11.6 Å². The minimum atomic E-state index is -0.301. The third-order valence-electron chi connectivity index (χ3n) is 10.0. The SMILES string of the molecule is CC(C)(C)c1cc(-[n+]2[c-]n(-c3[c-]c(Oc4[c-]c5c(cc4)c4cc(F)ccc4n5-c4cc(C(C)(C)C)ccn4)ccn3)c3ccccc32)cc(C(C)(C)C)c1.[Pt]. The molecule has 8 aromatic rings. The molecule has 0 unspecified atom stereocenters. The first-order chi connectivity index (χ1) is 25.5. The largest absolute Gasteiger partial charge is 0.522 e. The number of imidazole rings is 1. The van der Waals surface area contributed by atoms with Crippen LogP contribution >= 0.6 is 0 Å². The van der Waals surface area contributed by atoms with Gasteiger partial charge in [-0.15, -0.1) is 17.5 Å². The van der Waals surface area contributed by atoms with Crippen LogP contribution in [0.1, 0.15) is 79.0 Å². The van der Waals surface area contributed by atoms with E-state index in [-0.39, 0.29) is 43.1 Å². The minimum absolute atomic E-state index is 0. The number of hydrogen-bond acceptors (Lipinski definition) is 3. The summed E-state index contributed by atoms with van der Waals surface area (Å²) in [5.74, 6) is 1.92. The van der Waals surface area contributed by atoms with Gasteiger partial charge in [-0.25, -0.2) is 9.37 Å². The van der Waals surface area contributed by atoms with Crippen LogP contribution in [0.4, 0.5) is 4.39 Å². The molecule has 8 heteroatoms. The molecule has 0 radical (unpaired) electrons. The fraction of sp³-hybridized carbons (Fsp3) is 0.255. The van der Waals surface area contributed by atoms with Crippen molar-refractivity contribution >= 4 is 32.8 Å². The molecule has 0 atom stereocenters. The Balaban J connectivity index is 0.00000465. The van der Waals surface area contributed by atoms with Crippen molar-refractivity contribution in [3.8, 4) is 28.8 Å². The molecular formula is C47H44FN5OPt-2. The maximum absolute atomic E-state index is 14.6. The first-order valence-corrected chi connectivity index (χ1v) is 18.4. The van der Waals surface area contributed by atoms with Crippen LogP contribution in [0.15, 0.2) is 103 Å². The third-order valence-corrected chi connectivity index (χ3v) is 10.0. The maximum atomic E-state index is 14.6. The Morgan fingerprint density at radius 1 is 0.636 bits per heavy atom. The number of pyridine rings is 2. The van der Waals surface area contributed by atoms with Gasteiger partial charge in [0.25, 0.3) is 6.33 Å². The van der Waals surface area contributed by atoms with Crippen molar-refractivity contribution < 1.29 is 34.8 Å². The zero-order valence-corrected chi connectivity index (χ0v) is 34.9. The van der Waals surface area contributed by atoms with E-state index in [1.165, 1.54) is 17.2 Å². The minimum Gasteiger partial charge on any atom is -0.522 e. The zero-order valence-electron chi connectivity index (χ0n) is 32.7. The first kappa shape index (κ1) is 38.2. The summed E-state index contributed by atoms with van der Waals surface area (Å²) < 4.78 is 27.1. The Kier molecular flexibility index (Phi) is 9.62. The average Bonchev–Trinajstić information content (AvgIpc) is 3.66. The van der Waals surface area contributed by atoms with Crippen molar-refractivity contribution in [3.05, 3.63) is 144 Å². The molecule has 4 aromatic heterocycles. The first-order valence-electron chi connectivity index (χ1n) is 18.4. The van der Waals surface area contributed by atoms with Crippen molar-refractivity contribution in [2.45, 2.75) is 78.6 Å². The van der Waals surface area contributed by atoms with Gasteiger partial charge in [-0.1, -0.05) is 104 Å². The predicted molar refractivity (Wildman–Crippen MR) is 214 cm³/mol. The third kappa shape index (κ3) is 7.23. The van der Waals surface area contributed by atoms with Crippen molar-refractivity contribution in [2.75, 3.05) is 0 Å². The second-order valence-electron chi connectivity index (χ2n) is 17.1. The van der Waals surface area contributed by atoms with Gasteiger partial charge in [-0.3, -0.25) is 14.1 Å². The topological polar surface area (TPSA) is 48.8 Å². The van der Waals surface area contributed by atoms with Crippen LogP contribution in [0.25, 0.3) is 50.2 Å². The number of fused-ring (bicyclic) bond motifs is 4. The summed E-state index contributed by atoms with van der Waals surface area (Å²) in [6.07, 6.45) is 7.13. The summed E-state index contributed by atoms with van der Waals surface area (Å²) in [5, 5.41) is 1.63. The van der Waals surface area contributed by atoms with Crippen LogP contribution in [-0.4, -0.2) is 19.1 Å². The van der Waals surface area contributed by atoms with E-state index in [0.29, 0.717) is 17.3 Å². The molecule has 0 aliphatic rings. The molecule has 282 valence electrons. The van der Waals surface area contributed by atoms with E-state index in [4.69, 9.17) is 14.7 Å². The summed E-state index contributed by atoms with van der Waals surface area (Å²) >= 11 is 0. The number of para-hydroxylation sites is 2. The molecule has 0 saturated carbocycles. The number of nitrogens with zero attached hydrogens (tertiary/aromatic N) is 5. The van der Waals surface area contributed by atoms with E-state index < -0.39 is 0 Å². The van der Waals surface area contributed by atoms with E-state index >= 15 is 0 Å². The molecule has 0 aliphatic heterocycles. The number of hydrogen-bond donors (Lipinski definition) is 0. The summed E-state index contributed by atoms with van der Waals surface area (Å²) in [5.41, 5.74) is 8.06. The normalized spacial score (nSPS) is 12.4. The van der Waals surface area contributed by atoms with Gasteiger partial charge in [0.05, 0.1) is 22.5 Å². The standard InChI is InChI=1S/C47H44FN5O.Pt/c1-45(2,3)30-18-20-50-44(25-30)53-39-17-14-33(48)26-38(39)37-16-15-35(27-42(37)53)54-36-19-21-49-43(28-36)52-29-51(40-12-10-11-13-41(40)52)34-23-31(46(4,5)6)22-32(24-34)47(7,8)9;/h10-26H,1-9H3;/q-2;. The molecule has 55 heavy (non-hydrogen) atoms. The van der Waals surface area contributed by atoms with Crippen LogP contribution < -0.4 is 9.30 Å². The zero-order chi connectivity index (χ0) is 38.2. The van der Waals surface area contributed by atoms with Gasteiger partial charge in [-0.05, 0) is 86.5 Å². The monoisotopic (exact) mass is 908 g/mol. The summed E-state index contributed by atoms with van der Waals surface area (Å²) in [6.45, 7) is 20.0. The van der Waals surface area contributed by atoms with Crippen LogP contribution in [0.2, 0.25) is 0 Å². The second-order valence-corrected chi connectivity index (χ2v) is 17.1. The molecule has 0 spiro atoms. The molecule has 0 aliphatic carbocycles. The molecule has 4 aromatic carbocycles. The van der Waals surface area contributed by atoms with E-state index in [0.717, 1.165) is 49.9 Å². The number of rotatable bonds is 5. The smallest absolute Gasteiger partial charge is 0.269 e. The molecule has 0 bridgehead atoms. The van der Waals surface area contributed by atoms with Gasteiger partial charge in [0.15, 0.2) is 0 Å². The van der Waals surface area contributed by atoms with Crippen molar-refractivity contribution in [3.63, 3.8) is 0 Å². The maximum Gasteiger partial charge on any atom is 0.269 e. The van der Waals surface area contributed by atoms with Crippen molar-refractivity contribution in [1.29, 1.82) is 0 Å². The van der Waals surface area contributed by atoms with Gasteiger partial charge in [0, 0.05) is 38.5 Å². The number of benzene rings is 4. The molecule has 0 N–H and O–H groups in total. The Bertz CT molecular complexity index is 2690. The second kappa shape index (κ2) is 13.9. The van der Waals surface area contributed by atoms with Gasteiger partial charge >= 0.3 is 0 Å². The average molecular weight is 909 g/mol. The van der Waals surface area contributed by atoms with E-state index in [2.05, 4.69) is 122 Å². The number of halogens is 1. The van der Waals surface area contributed by atoms with Gasteiger partial charge < -0.3 is 9.30 Å². The Hall–Kier alpha value is -5.13. The molecule has 0 fully saturated rings. The van der Waals surface area contributed by atoms with Crippen LogP contribution in [0.3, 0.4) is 0 Å². The number of aromatic nitrogens is 5. The van der Waals surface area contributed by atoms with Crippen LogP contribution in [0.5, 0.6) is 11.5 Å². The molecule has 8 rings (SSSR count). The van der Waals surface area contributed by atoms with E-state index in [9.17, 15) is 4.39 Å². The molecule has 4 heterocycles. The van der Waals surface area contributed by atoms with E-state index in [1.54, 1.807) is 24.4 Å². The Morgan fingerprint density at radius 3 is 2.02 bits per heavy atom. The molecule has 6 nitrogen and oxygen atoms in total. The van der Waals surface area contributed by atoms with Crippen molar-refractivity contribution in [1.82, 2.24) is 19.1 Å². The number of ether oxygens (including phenoxy) is 1. The fourth-order valence-electron chi connectivity index (χ4n) is 6.87. The van der Waals surface area contributed by atoms with Crippen molar-refractivity contribution in [2.24, 2.45) is 0 Å². The van der Waals surface area contributed by atoms with E-state index in [1.807, 2.05) is 45.7 Å². The summed E-state index contributed by atoms with van der Waals surface area (Å²) in [7, 11) is 0. The Morgan fingerprint density at radius 2 is 1.31 bits per heavy atom. The predicted octanol–water partition coefficient (Wildman–Crippen LogP) is 11.0. The Labute approximate surface area is 336 Å². The molecular weight excluding hydrogens is 865 g/mol. The van der Waals surface area contributed by atoms with Crippen LogP contribution in [-0.2, 0) is 37.3 Å². The van der Waals surface area contributed by atoms with Gasteiger partial charge in [-0.2, -0.15) is 18.2 Å². The fourth-order valence-corrected chi connectivity index (χ4v) is 6.87. The summed E-state index contributed by atoms with van der Waals surface area (Å²) in [6, 6.07) is 36.5. The quantitative estimate of drug-likeness (QED) is 0.128. The van der Waals surface area contributed by atoms with Crippen LogP contribution in [0, 0.1) is 24.3 Å². The molecule has 0 saturated heterocycles. The van der Waals surface area contributed by atoms with Gasteiger partial charge in [0.2, 0.25) is 0 Å².